The van der Waals surface area contributed by atoms with E-state index in [1.54, 1.807) is 0 Å². The van der Waals surface area contributed by atoms with Crippen molar-refractivity contribution in [1.82, 2.24) is 4.72 Å². The lowest BCUT2D eigenvalue weighted by Gasteiger charge is -2.27. The molecule has 0 aromatic carbocycles. The van der Waals surface area contributed by atoms with Crippen LogP contribution in [0.4, 0.5) is 30.7 Å². The molecule has 0 saturated carbocycles. The van der Waals surface area contributed by atoms with Crippen LogP contribution in [-0.2, 0) is 10.0 Å². The highest BCUT2D eigenvalue weighted by Crippen LogP contribution is 2.48. The van der Waals surface area contributed by atoms with Gasteiger partial charge in [-0.15, -0.1) is 0 Å². The summed E-state index contributed by atoms with van der Waals surface area (Å²) in [6.45, 7) is 0.633. The number of sulfonamides is 1. The van der Waals surface area contributed by atoms with Crippen molar-refractivity contribution in [3.8, 4) is 0 Å². The van der Waals surface area contributed by atoms with Gasteiger partial charge in [-0.1, -0.05) is 6.92 Å². The summed E-state index contributed by atoms with van der Waals surface area (Å²) in [4.78, 5) is 0. The van der Waals surface area contributed by atoms with Crippen molar-refractivity contribution in [2.24, 2.45) is 0 Å². The Bertz CT molecular complexity index is 361. The van der Waals surface area contributed by atoms with Gasteiger partial charge in [0.1, 0.15) is 0 Å². The van der Waals surface area contributed by atoms with E-state index in [1.807, 2.05) is 0 Å². The van der Waals surface area contributed by atoms with E-state index >= 15 is 0 Å². The second kappa shape index (κ2) is 4.59. The third-order valence-corrected chi connectivity index (χ3v) is 3.12. The van der Waals surface area contributed by atoms with Crippen LogP contribution in [0.3, 0.4) is 0 Å². The van der Waals surface area contributed by atoms with Crippen LogP contribution in [0, 0.1) is 0 Å². The van der Waals surface area contributed by atoms with Crippen molar-refractivity contribution in [3.63, 3.8) is 0 Å². The monoisotopic (exact) mass is 291 g/mol. The van der Waals surface area contributed by atoms with E-state index in [2.05, 4.69) is 0 Å². The highest BCUT2D eigenvalue weighted by atomic mass is 32.2. The number of hydrogen-bond donors (Lipinski definition) is 1. The minimum absolute atomic E-state index is 0.0487. The fourth-order valence-corrected chi connectivity index (χ4v) is 1.77. The molecule has 11 heteroatoms. The van der Waals surface area contributed by atoms with Gasteiger partial charge in [0.25, 0.3) is 10.0 Å². The van der Waals surface area contributed by atoms with Crippen LogP contribution in [-0.4, -0.2) is 32.3 Å². The predicted octanol–water partition coefficient (Wildman–Crippen LogP) is 2.11. The second-order valence-electron chi connectivity index (χ2n) is 2.99. The first-order valence-electron chi connectivity index (χ1n) is 4.13. The van der Waals surface area contributed by atoms with Crippen LogP contribution in [0.25, 0.3) is 0 Å². The molecular weight excluding hydrogens is 283 g/mol. The Morgan fingerprint density at radius 3 is 1.71 bits per heavy atom. The average Bonchev–Trinajstić information content (AvgIpc) is 2.12. The van der Waals surface area contributed by atoms with Crippen LogP contribution in [0.15, 0.2) is 0 Å². The molecule has 0 aromatic rings. The minimum Gasteiger partial charge on any atom is -0.210 e. The summed E-state index contributed by atoms with van der Waals surface area (Å²) in [6.07, 6.45) is -6.72. The lowest BCUT2D eigenvalue weighted by Crippen LogP contribution is -2.59. The van der Waals surface area contributed by atoms with Gasteiger partial charge in [-0.3, -0.25) is 0 Å². The summed E-state index contributed by atoms with van der Waals surface area (Å²) in [5.41, 5.74) is 0. The van der Waals surface area contributed by atoms with Gasteiger partial charge in [-0.25, -0.2) is 13.1 Å². The Labute approximate surface area is 92.0 Å². The molecule has 17 heavy (non-hydrogen) atoms. The molecule has 0 amide bonds. The fraction of sp³-hybridized carbons (Fsp3) is 1.00. The van der Waals surface area contributed by atoms with Gasteiger partial charge >= 0.3 is 17.4 Å². The van der Waals surface area contributed by atoms with Crippen LogP contribution >= 0.6 is 0 Å². The first-order valence-corrected chi connectivity index (χ1v) is 5.61. The summed E-state index contributed by atoms with van der Waals surface area (Å²) in [6, 6.07) is 0. The van der Waals surface area contributed by atoms with Crippen LogP contribution in [0.2, 0.25) is 0 Å². The van der Waals surface area contributed by atoms with Gasteiger partial charge in [-0.2, -0.15) is 30.7 Å². The maximum Gasteiger partial charge on any atom is 0.461 e. The van der Waals surface area contributed by atoms with E-state index < -0.39 is 33.9 Å². The van der Waals surface area contributed by atoms with E-state index in [0.29, 0.717) is 0 Å². The summed E-state index contributed by atoms with van der Waals surface area (Å²) in [5.74, 6) is -6.67. The summed E-state index contributed by atoms with van der Waals surface area (Å²) >= 11 is 0. The standard InChI is InChI=1S/C6H8F7NO2S/c1-2-3-14-17(15,16)6(12,13)4(7,8)5(9,10)11/h14H,2-3H2,1H3. The first kappa shape index (κ1) is 16.4. The van der Waals surface area contributed by atoms with Crippen molar-refractivity contribution >= 4 is 10.0 Å². The van der Waals surface area contributed by atoms with E-state index in [1.165, 1.54) is 6.92 Å². The van der Waals surface area contributed by atoms with E-state index in [4.69, 9.17) is 0 Å². The van der Waals surface area contributed by atoms with Gasteiger partial charge in [0.15, 0.2) is 0 Å². The van der Waals surface area contributed by atoms with Crippen molar-refractivity contribution in [1.29, 1.82) is 0 Å². The number of alkyl halides is 7. The molecule has 0 bridgehead atoms. The lowest BCUT2D eigenvalue weighted by molar-refractivity contribution is -0.332. The predicted molar refractivity (Wildman–Crippen MR) is 43.2 cm³/mol. The molecule has 0 aliphatic rings. The zero-order valence-corrected chi connectivity index (χ0v) is 9.10. The molecule has 0 unspecified atom stereocenters. The smallest absolute Gasteiger partial charge is 0.210 e. The Morgan fingerprint density at radius 2 is 1.41 bits per heavy atom. The molecule has 0 rings (SSSR count). The fourth-order valence-electron chi connectivity index (χ4n) is 0.661. The van der Waals surface area contributed by atoms with Gasteiger partial charge in [-0.05, 0) is 6.42 Å². The second-order valence-corrected chi connectivity index (χ2v) is 4.79. The largest absolute Gasteiger partial charge is 0.461 e. The van der Waals surface area contributed by atoms with Crippen molar-refractivity contribution in [2.75, 3.05) is 6.54 Å². The molecule has 0 radical (unpaired) electrons. The van der Waals surface area contributed by atoms with Gasteiger partial charge in [0.05, 0.1) is 0 Å². The SMILES string of the molecule is CCCNS(=O)(=O)C(F)(F)C(F)(F)C(F)(F)F. The van der Waals surface area contributed by atoms with E-state index in [0.717, 1.165) is 4.72 Å². The molecular formula is C6H8F7NO2S. The van der Waals surface area contributed by atoms with Crippen molar-refractivity contribution in [2.45, 2.75) is 30.7 Å². The van der Waals surface area contributed by atoms with Gasteiger partial charge < -0.3 is 0 Å². The van der Waals surface area contributed by atoms with Crippen LogP contribution < -0.4 is 4.72 Å². The number of halogens is 7. The zero-order valence-electron chi connectivity index (χ0n) is 8.28. The van der Waals surface area contributed by atoms with Gasteiger partial charge in [0.2, 0.25) is 0 Å². The first-order chi connectivity index (χ1) is 7.31. The van der Waals surface area contributed by atoms with E-state index in [9.17, 15) is 39.2 Å². The highest BCUT2D eigenvalue weighted by molar-refractivity contribution is 7.90. The molecule has 0 atom stereocenters. The lowest BCUT2D eigenvalue weighted by atomic mass is 10.3. The van der Waals surface area contributed by atoms with Crippen molar-refractivity contribution < 1.29 is 39.2 Å². The normalized spacial score (nSPS) is 15.1. The molecule has 104 valence electrons. The Hall–Kier alpha value is -0.580. The molecule has 1 N–H and O–H groups in total. The molecule has 3 nitrogen and oxygen atoms in total. The summed E-state index contributed by atoms with van der Waals surface area (Å²) < 4.78 is 107. The number of nitrogens with one attached hydrogen (secondary N) is 1. The number of hydrogen-bond acceptors (Lipinski definition) is 2. The van der Waals surface area contributed by atoms with E-state index in [-0.39, 0.29) is 6.42 Å². The third kappa shape index (κ3) is 2.81. The molecule has 0 saturated heterocycles. The highest BCUT2D eigenvalue weighted by Gasteiger charge is 2.78. The Kier molecular flexibility index (Phi) is 4.44. The summed E-state index contributed by atoms with van der Waals surface area (Å²) in [5, 5.41) is -6.27. The Morgan fingerprint density at radius 1 is 1.00 bits per heavy atom. The molecule has 0 heterocycles. The van der Waals surface area contributed by atoms with Crippen LogP contribution in [0.1, 0.15) is 13.3 Å². The summed E-state index contributed by atoms with van der Waals surface area (Å²) in [7, 11) is -6.12. The zero-order chi connectivity index (χ0) is 14.1. The molecule has 0 aromatic heterocycles. The van der Waals surface area contributed by atoms with Gasteiger partial charge in [0, 0.05) is 6.54 Å². The van der Waals surface area contributed by atoms with Crippen molar-refractivity contribution in [3.05, 3.63) is 0 Å². The third-order valence-electron chi connectivity index (χ3n) is 1.60. The molecule has 0 fully saturated rings. The average molecular weight is 291 g/mol. The van der Waals surface area contributed by atoms with Crippen LogP contribution in [0.5, 0.6) is 0 Å². The molecule has 0 aliphatic carbocycles. The topological polar surface area (TPSA) is 46.2 Å². The molecule has 0 spiro atoms. The maximum absolute atomic E-state index is 12.7. The Balaban J connectivity index is 5.41. The quantitative estimate of drug-likeness (QED) is 0.789. The minimum atomic E-state index is -6.67. The number of rotatable bonds is 5. The molecule has 0 aliphatic heterocycles. The maximum atomic E-state index is 12.7.